The first kappa shape index (κ1) is 23.9. The van der Waals surface area contributed by atoms with E-state index in [-0.39, 0.29) is 32.7 Å². The minimum absolute atomic E-state index is 0. The van der Waals surface area contributed by atoms with Crippen LogP contribution in [0.2, 0.25) is 0 Å². The summed E-state index contributed by atoms with van der Waals surface area (Å²) in [5.74, 6) is 1.41. The summed E-state index contributed by atoms with van der Waals surface area (Å²) in [4.78, 5) is 18.3. The maximum atomic E-state index is 10.2. The molecule has 0 spiro atoms. The molecule has 0 bridgehead atoms. The SMILES string of the molecule is Cc1ccc2c(c1)c1c(C)cc(Oc3cnc4cccc(O)c4n3)[c-]c1n2-c1nc(C)cc(C)n1.[Pt]. The van der Waals surface area contributed by atoms with E-state index in [0.717, 1.165) is 38.8 Å². The van der Waals surface area contributed by atoms with Gasteiger partial charge in [0.25, 0.3) is 0 Å². The van der Waals surface area contributed by atoms with Crippen LogP contribution in [-0.2, 0) is 21.1 Å². The van der Waals surface area contributed by atoms with Gasteiger partial charge in [-0.15, -0.1) is 17.7 Å². The smallest absolute Gasteiger partial charge is 0.236 e. The van der Waals surface area contributed by atoms with Crippen molar-refractivity contribution in [3.8, 4) is 23.3 Å². The summed E-state index contributed by atoms with van der Waals surface area (Å²) in [6.07, 6.45) is 1.54. The Bertz CT molecular complexity index is 1770. The van der Waals surface area contributed by atoms with Crippen LogP contribution >= 0.6 is 0 Å². The number of nitrogens with zero attached hydrogens (tertiary/aromatic N) is 5. The van der Waals surface area contributed by atoms with Crippen molar-refractivity contribution in [1.29, 1.82) is 0 Å². The van der Waals surface area contributed by atoms with Crippen molar-refractivity contribution < 1.29 is 30.9 Å². The number of phenols is 1. The molecule has 182 valence electrons. The minimum Gasteiger partial charge on any atom is -0.506 e. The molecule has 3 heterocycles. The van der Waals surface area contributed by atoms with Crippen molar-refractivity contribution in [2.75, 3.05) is 0 Å². The fourth-order valence-electron chi connectivity index (χ4n) is 4.58. The Morgan fingerprint density at radius 2 is 1.69 bits per heavy atom. The number of phenolic OH excluding ortho intramolecular Hbond substituents is 1. The van der Waals surface area contributed by atoms with Crippen LogP contribution < -0.4 is 4.74 Å². The third-order valence-corrected chi connectivity index (χ3v) is 6.02. The Balaban J connectivity index is 0.00000267. The fraction of sp³-hybridized carbons (Fsp3) is 0.143. The zero-order valence-corrected chi connectivity index (χ0v) is 22.4. The van der Waals surface area contributed by atoms with E-state index in [1.165, 1.54) is 5.56 Å². The molecule has 8 heteroatoms. The summed E-state index contributed by atoms with van der Waals surface area (Å²) >= 11 is 0. The van der Waals surface area contributed by atoms with E-state index in [4.69, 9.17) is 14.7 Å². The van der Waals surface area contributed by atoms with E-state index in [9.17, 15) is 5.11 Å². The zero-order valence-electron chi connectivity index (χ0n) is 20.1. The van der Waals surface area contributed by atoms with E-state index >= 15 is 0 Å². The topological polar surface area (TPSA) is 86.0 Å². The van der Waals surface area contributed by atoms with Crippen LogP contribution in [0.4, 0.5) is 0 Å². The largest absolute Gasteiger partial charge is 0.506 e. The molecule has 0 aliphatic heterocycles. The molecule has 6 rings (SSSR count). The van der Waals surface area contributed by atoms with Gasteiger partial charge >= 0.3 is 0 Å². The van der Waals surface area contributed by atoms with Gasteiger partial charge in [-0.2, -0.15) is 0 Å². The molecule has 0 saturated heterocycles. The number of fused-ring (bicyclic) bond motifs is 4. The number of aromatic nitrogens is 5. The summed E-state index contributed by atoms with van der Waals surface area (Å²) in [6.45, 7) is 8.07. The second kappa shape index (κ2) is 8.99. The maximum Gasteiger partial charge on any atom is 0.236 e. The van der Waals surface area contributed by atoms with Gasteiger partial charge in [0.2, 0.25) is 11.8 Å². The Hall–Kier alpha value is -3.83. The Morgan fingerprint density at radius 3 is 2.47 bits per heavy atom. The van der Waals surface area contributed by atoms with Gasteiger partial charge in [-0.05, 0) is 50.4 Å². The van der Waals surface area contributed by atoms with E-state index in [0.29, 0.717) is 22.7 Å². The summed E-state index contributed by atoms with van der Waals surface area (Å²) in [5.41, 5.74) is 6.79. The molecule has 7 nitrogen and oxygen atoms in total. The van der Waals surface area contributed by atoms with Crippen LogP contribution in [-0.4, -0.2) is 29.6 Å². The van der Waals surface area contributed by atoms with Gasteiger partial charge in [-0.25, -0.2) is 19.9 Å². The average Bonchev–Trinajstić information content (AvgIpc) is 3.12. The second-order valence-electron chi connectivity index (χ2n) is 8.80. The molecule has 0 fully saturated rings. The minimum atomic E-state index is 0. The summed E-state index contributed by atoms with van der Waals surface area (Å²) in [7, 11) is 0. The molecule has 0 unspecified atom stereocenters. The van der Waals surface area contributed by atoms with Crippen molar-refractivity contribution >= 4 is 32.8 Å². The van der Waals surface area contributed by atoms with E-state index < -0.39 is 0 Å². The number of aryl methyl sites for hydroxylation is 4. The molecular formula is C28H22N5O2Pt-. The number of benzene rings is 3. The molecule has 0 aliphatic rings. The molecule has 6 aromatic rings. The summed E-state index contributed by atoms with van der Waals surface area (Å²) < 4.78 is 8.12. The fourth-order valence-corrected chi connectivity index (χ4v) is 4.58. The number of aromatic hydroxyl groups is 1. The quantitative estimate of drug-likeness (QED) is 0.234. The monoisotopic (exact) mass is 655 g/mol. The van der Waals surface area contributed by atoms with Gasteiger partial charge in [0, 0.05) is 43.7 Å². The van der Waals surface area contributed by atoms with Crippen LogP contribution in [0.15, 0.2) is 54.7 Å². The molecule has 0 amide bonds. The van der Waals surface area contributed by atoms with Gasteiger partial charge in [-0.1, -0.05) is 41.6 Å². The van der Waals surface area contributed by atoms with E-state index in [2.05, 4.69) is 48.1 Å². The van der Waals surface area contributed by atoms with Gasteiger partial charge in [0.05, 0.1) is 11.7 Å². The van der Waals surface area contributed by atoms with Crippen LogP contribution in [0.1, 0.15) is 22.5 Å². The third kappa shape index (κ3) is 3.99. The van der Waals surface area contributed by atoms with Gasteiger partial charge in [0.1, 0.15) is 11.3 Å². The zero-order chi connectivity index (χ0) is 24.3. The molecule has 0 atom stereocenters. The van der Waals surface area contributed by atoms with Crippen molar-refractivity contribution in [1.82, 2.24) is 24.5 Å². The molecule has 0 radical (unpaired) electrons. The molecule has 0 saturated carbocycles. The van der Waals surface area contributed by atoms with Crippen molar-refractivity contribution in [3.05, 3.63) is 83.3 Å². The number of hydrogen-bond donors (Lipinski definition) is 1. The van der Waals surface area contributed by atoms with Crippen molar-refractivity contribution in [2.24, 2.45) is 0 Å². The second-order valence-corrected chi connectivity index (χ2v) is 8.80. The molecular weight excluding hydrogens is 633 g/mol. The number of ether oxygens (including phenoxy) is 1. The number of para-hydroxylation sites is 1. The first-order valence-corrected chi connectivity index (χ1v) is 11.3. The van der Waals surface area contributed by atoms with Crippen LogP contribution in [0.5, 0.6) is 17.4 Å². The van der Waals surface area contributed by atoms with Gasteiger partial charge < -0.3 is 14.4 Å². The Kier molecular flexibility index (Phi) is 5.97. The first-order valence-electron chi connectivity index (χ1n) is 11.3. The standard InChI is InChI=1S/C28H22N5O2.Pt/c1-15-8-9-22-20(10-15)26-16(2)11-19(13-23(26)33(22)28-30-17(3)12-18(4)31-28)35-25-14-29-21-6-5-7-24(34)27(21)32-25;/h5-12,14,34H,1-4H3;/q-1;. The van der Waals surface area contributed by atoms with Crippen LogP contribution in [0.3, 0.4) is 0 Å². The number of hydrogen-bond acceptors (Lipinski definition) is 6. The first-order chi connectivity index (χ1) is 16.9. The van der Waals surface area contributed by atoms with E-state index in [1.807, 2.05) is 30.5 Å². The predicted octanol–water partition coefficient (Wildman–Crippen LogP) is 6.05. The summed E-state index contributed by atoms with van der Waals surface area (Å²) in [5, 5.41) is 12.4. The van der Waals surface area contributed by atoms with Gasteiger partial charge in [0.15, 0.2) is 0 Å². The molecule has 0 aliphatic carbocycles. The molecule has 1 N–H and O–H groups in total. The number of rotatable bonds is 3. The van der Waals surface area contributed by atoms with Crippen LogP contribution in [0, 0.1) is 33.8 Å². The van der Waals surface area contributed by atoms with Crippen LogP contribution in [0.25, 0.3) is 38.8 Å². The van der Waals surface area contributed by atoms with Crippen molar-refractivity contribution in [3.63, 3.8) is 0 Å². The maximum absolute atomic E-state index is 10.2. The van der Waals surface area contributed by atoms with E-state index in [1.54, 1.807) is 24.4 Å². The molecule has 36 heavy (non-hydrogen) atoms. The average molecular weight is 656 g/mol. The van der Waals surface area contributed by atoms with Gasteiger partial charge in [-0.3, -0.25) is 0 Å². The Labute approximate surface area is 222 Å². The molecule has 3 aromatic heterocycles. The summed E-state index contributed by atoms with van der Waals surface area (Å²) in [6, 6.07) is 18.8. The predicted molar refractivity (Wildman–Crippen MR) is 135 cm³/mol. The molecule has 3 aromatic carbocycles. The third-order valence-electron chi connectivity index (χ3n) is 6.02. The normalized spacial score (nSPS) is 11.2. The Morgan fingerprint density at radius 1 is 0.917 bits per heavy atom. The van der Waals surface area contributed by atoms with Crippen molar-refractivity contribution in [2.45, 2.75) is 27.7 Å².